The second-order valence-electron chi connectivity index (χ2n) is 9.99. The SMILES string of the molecule is CC1CC(C)CN(S(=O)(=O)c2ccc(C(=O)N(CCCN(C)C)c3nc4c(F)cccc4s3)cc2)C1. The van der Waals surface area contributed by atoms with E-state index in [0.29, 0.717) is 53.3 Å². The second kappa shape index (κ2) is 10.9. The molecule has 2 aromatic carbocycles. The normalized spacial score (nSPS) is 19.2. The molecular formula is C26H33FN4O3S2. The van der Waals surface area contributed by atoms with Gasteiger partial charge in [0.2, 0.25) is 10.0 Å². The first kappa shape index (κ1) is 26.7. The molecule has 2 atom stereocenters. The Kier molecular flexibility index (Phi) is 8.09. The van der Waals surface area contributed by atoms with Crippen molar-refractivity contribution in [1.82, 2.24) is 14.2 Å². The number of piperidine rings is 1. The standard InChI is InChI=1S/C26H33FN4O3S2/c1-18-15-19(2)17-30(16-18)36(33,34)21-11-9-20(10-12-21)25(32)31(14-6-13-29(3)4)26-28-24-22(27)7-5-8-23(24)35-26/h5,7-12,18-19H,6,13-17H2,1-4H3. The summed E-state index contributed by atoms with van der Waals surface area (Å²) in [4.78, 5) is 21.8. The number of nitrogens with zero attached hydrogens (tertiary/aromatic N) is 4. The quantitative estimate of drug-likeness (QED) is 0.421. The molecular weight excluding hydrogens is 499 g/mol. The van der Waals surface area contributed by atoms with E-state index in [2.05, 4.69) is 18.8 Å². The van der Waals surface area contributed by atoms with E-state index < -0.39 is 15.8 Å². The number of rotatable bonds is 8. The lowest BCUT2D eigenvalue weighted by molar-refractivity contribution is 0.0986. The van der Waals surface area contributed by atoms with E-state index in [1.165, 1.54) is 29.5 Å². The number of carbonyl (C=O) groups is 1. The van der Waals surface area contributed by atoms with E-state index in [1.807, 2.05) is 19.0 Å². The number of carbonyl (C=O) groups excluding carboxylic acids is 1. The molecule has 194 valence electrons. The van der Waals surface area contributed by atoms with Crippen LogP contribution in [0.3, 0.4) is 0 Å². The average Bonchev–Trinajstić information content (AvgIpc) is 3.26. The molecule has 2 heterocycles. The summed E-state index contributed by atoms with van der Waals surface area (Å²) >= 11 is 1.27. The van der Waals surface area contributed by atoms with Crippen molar-refractivity contribution >= 4 is 42.6 Å². The molecule has 1 amide bonds. The highest BCUT2D eigenvalue weighted by Crippen LogP contribution is 2.32. The molecule has 0 saturated carbocycles. The van der Waals surface area contributed by atoms with Crippen LogP contribution in [0.4, 0.5) is 9.52 Å². The molecule has 1 aliphatic rings. The maximum atomic E-state index is 14.3. The number of aromatic nitrogens is 1. The molecule has 1 fully saturated rings. The summed E-state index contributed by atoms with van der Waals surface area (Å²) in [6.45, 7) is 6.31. The van der Waals surface area contributed by atoms with Gasteiger partial charge in [0.1, 0.15) is 11.3 Å². The van der Waals surface area contributed by atoms with Crippen LogP contribution < -0.4 is 4.90 Å². The number of fused-ring (bicyclic) bond motifs is 1. The van der Waals surface area contributed by atoms with Gasteiger partial charge in [0.15, 0.2) is 5.13 Å². The predicted octanol–water partition coefficient (Wildman–Crippen LogP) is 4.70. The Morgan fingerprint density at radius 3 is 2.36 bits per heavy atom. The minimum Gasteiger partial charge on any atom is -0.309 e. The van der Waals surface area contributed by atoms with Gasteiger partial charge in [-0.05, 0) is 81.7 Å². The van der Waals surface area contributed by atoms with Crippen LogP contribution in [0.25, 0.3) is 10.2 Å². The molecule has 0 spiro atoms. The number of amides is 1. The zero-order valence-corrected chi connectivity index (χ0v) is 22.8. The Balaban J connectivity index is 1.60. The minimum absolute atomic E-state index is 0.182. The van der Waals surface area contributed by atoms with Crippen LogP contribution in [0.1, 0.15) is 37.0 Å². The highest BCUT2D eigenvalue weighted by atomic mass is 32.2. The molecule has 1 aliphatic heterocycles. The maximum Gasteiger partial charge on any atom is 0.260 e. The van der Waals surface area contributed by atoms with Crippen LogP contribution in [0, 0.1) is 17.7 Å². The first-order valence-corrected chi connectivity index (χ1v) is 14.4. The third kappa shape index (κ3) is 5.77. The first-order chi connectivity index (χ1) is 17.1. The second-order valence-corrected chi connectivity index (χ2v) is 12.9. The van der Waals surface area contributed by atoms with Gasteiger partial charge in [-0.25, -0.2) is 17.8 Å². The topological polar surface area (TPSA) is 73.8 Å². The zero-order chi connectivity index (χ0) is 26.0. The Labute approximate surface area is 216 Å². The van der Waals surface area contributed by atoms with Crippen LogP contribution in [-0.4, -0.2) is 68.8 Å². The van der Waals surface area contributed by atoms with Gasteiger partial charge in [-0.3, -0.25) is 9.69 Å². The number of thiazole rings is 1. The van der Waals surface area contributed by atoms with Gasteiger partial charge in [-0.1, -0.05) is 31.3 Å². The zero-order valence-electron chi connectivity index (χ0n) is 21.1. The highest BCUT2D eigenvalue weighted by Gasteiger charge is 2.32. The number of sulfonamides is 1. The van der Waals surface area contributed by atoms with E-state index in [9.17, 15) is 17.6 Å². The summed E-state index contributed by atoms with van der Waals surface area (Å²) in [6, 6.07) is 10.9. The van der Waals surface area contributed by atoms with Crippen molar-refractivity contribution in [2.24, 2.45) is 11.8 Å². The number of para-hydroxylation sites is 1. The van der Waals surface area contributed by atoms with E-state index in [0.717, 1.165) is 13.0 Å². The Morgan fingerprint density at radius 1 is 1.08 bits per heavy atom. The summed E-state index contributed by atoms with van der Waals surface area (Å²) < 4.78 is 43.0. The van der Waals surface area contributed by atoms with Crippen LogP contribution in [-0.2, 0) is 10.0 Å². The van der Waals surface area contributed by atoms with Crippen molar-refractivity contribution in [3.63, 3.8) is 0 Å². The lowest BCUT2D eigenvalue weighted by atomic mass is 9.94. The Hall–Kier alpha value is -2.40. The molecule has 4 rings (SSSR count). The average molecular weight is 533 g/mol. The predicted molar refractivity (Wildman–Crippen MR) is 143 cm³/mol. The largest absolute Gasteiger partial charge is 0.309 e. The molecule has 1 saturated heterocycles. The lowest BCUT2D eigenvalue weighted by Crippen LogP contribution is -2.42. The van der Waals surface area contributed by atoms with Gasteiger partial charge < -0.3 is 4.90 Å². The van der Waals surface area contributed by atoms with Gasteiger partial charge in [0.05, 0.1) is 9.60 Å². The smallest absolute Gasteiger partial charge is 0.260 e. The lowest BCUT2D eigenvalue weighted by Gasteiger charge is -2.34. The van der Waals surface area contributed by atoms with E-state index in [-0.39, 0.29) is 16.3 Å². The fourth-order valence-electron chi connectivity index (χ4n) is 4.72. The number of anilines is 1. The van der Waals surface area contributed by atoms with Crippen molar-refractivity contribution in [2.45, 2.75) is 31.6 Å². The molecule has 0 N–H and O–H groups in total. The van der Waals surface area contributed by atoms with E-state index in [1.54, 1.807) is 33.5 Å². The molecule has 36 heavy (non-hydrogen) atoms. The first-order valence-electron chi connectivity index (χ1n) is 12.2. The molecule has 7 nitrogen and oxygen atoms in total. The summed E-state index contributed by atoms with van der Waals surface area (Å²) in [7, 11) is 0.283. The van der Waals surface area contributed by atoms with Gasteiger partial charge >= 0.3 is 0 Å². The molecule has 10 heteroatoms. The molecule has 3 aromatic rings. The fourth-order valence-corrected chi connectivity index (χ4v) is 7.41. The van der Waals surface area contributed by atoms with Gasteiger partial charge in [-0.2, -0.15) is 4.31 Å². The number of hydrogen-bond donors (Lipinski definition) is 0. The number of halogens is 1. The van der Waals surface area contributed by atoms with Gasteiger partial charge in [-0.15, -0.1) is 0 Å². The Morgan fingerprint density at radius 2 is 1.75 bits per heavy atom. The van der Waals surface area contributed by atoms with Gasteiger partial charge in [0, 0.05) is 25.2 Å². The van der Waals surface area contributed by atoms with Crippen LogP contribution in [0.2, 0.25) is 0 Å². The van der Waals surface area contributed by atoms with Gasteiger partial charge in [0.25, 0.3) is 5.91 Å². The van der Waals surface area contributed by atoms with Crippen molar-refractivity contribution in [2.75, 3.05) is 45.2 Å². The summed E-state index contributed by atoms with van der Waals surface area (Å²) in [6.07, 6.45) is 1.72. The fraction of sp³-hybridized carbons (Fsp3) is 0.462. The molecule has 2 unspecified atom stereocenters. The summed E-state index contributed by atoms with van der Waals surface area (Å²) in [5, 5.41) is 0.423. The summed E-state index contributed by atoms with van der Waals surface area (Å²) in [5.41, 5.74) is 0.605. The van der Waals surface area contributed by atoms with Crippen LogP contribution >= 0.6 is 11.3 Å². The van der Waals surface area contributed by atoms with E-state index >= 15 is 0 Å². The molecule has 1 aromatic heterocycles. The summed E-state index contributed by atoms with van der Waals surface area (Å²) in [5.74, 6) is -0.110. The van der Waals surface area contributed by atoms with Crippen LogP contribution in [0.5, 0.6) is 0 Å². The third-order valence-electron chi connectivity index (χ3n) is 6.40. The monoisotopic (exact) mass is 532 g/mol. The minimum atomic E-state index is -3.64. The number of benzene rings is 2. The Bertz CT molecular complexity index is 1310. The van der Waals surface area contributed by atoms with Crippen molar-refractivity contribution in [3.05, 3.63) is 53.8 Å². The van der Waals surface area contributed by atoms with Crippen molar-refractivity contribution < 1.29 is 17.6 Å². The van der Waals surface area contributed by atoms with Crippen LogP contribution in [0.15, 0.2) is 47.4 Å². The highest BCUT2D eigenvalue weighted by molar-refractivity contribution is 7.89. The molecule has 0 bridgehead atoms. The third-order valence-corrected chi connectivity index (χ3v) is 9.29. The maximum absolute atomic E-state index is 14.3. The van der Waals surface area contributed by atoms with Crippen molar-refractivity contribution in [3.8, 4) is 0 Å². The molecule has 0 aliphatic carbocycles. The molecule has 0 radical (unpaired) electrons. The number of hydrogen-bond acceptors (Lipinski definition) is 6. The van der Waals surface area contributed by atoms with Crippen molar-refractivity contribution in [1.29, 1.82) is 0 Å². The van der Waals surface area contributed by atoms with E-state index in [4.69, 9.17) is 0 Å².